The molecule has 0 saturated carbocycles. The van der Waals surface area contributed by atoms with Crippen molar-refractivity contribution in [2.75, 3.05) is 0 Å². The molecule has 7 heavy (non-hydrogen) atoms. The standard InChI is InChI=1S/FH2O4P.H3N/c1-5-6(2,3)4;/h(H2,2,3,4);1H3. The second-order valence-corrected chi connectivity index (χ2v) is 1.68. The fraction of sp³-hybridized carbons (Fsp3) is 0. The molecular formula is H5FNO4P. The number of rotatable bonds is 1. The molecule has 0 bridgehead atoms. The zero-order valence-corrected chi connectivity index (χ0v) is 4.14. The summed E-state index contributed by atoms with van der Waals surface area (Å²) in [4.78, 5) is 14.7. The van der Waals surface area contributed by atoms with Gasteiger partial charge in [-0.2, -0.15) is 0 Å². The molecule has 0 aliphatic carbocycles. The van der Waals surface area contributed by atoms with E-state index in [1.54, 1.807) is 0 Å². The summed E-state index contributed by atoms with van der Waals surface area (Å²) in [7, 11) is -4.81. The summed E-state index contributed by atoms with van der Waals surface area (Å²) in [6.07, 6.45) is 0. The Morgan fingerprint density at radius 1 is 1.57 bits per heavy atom. The van der Waals surface area contributed by atoms with Gasteiger partial charge < -0.3 is 15.9 Å². The van der Waals surface area contributed by atoms with Crippen molar-refractivity contribution in [2.45, 2.75) is 0 Å². The lowest BCUT2D eigenvalue weighted by atomic mass is 14.0. The van der Waals surface area contributed by atoms with Crippen molar-refractivity contribution in [2.24, 2.45) is 0 Å². The zero-order chi connectivity index (χ0) is 5.21. The van der Waals surface area contributed by atoms with Crippen LogP contribution in [-0.2, 0) is 9.29 Å². The highest BCUT2D eigenvalue weighted by atomic mass is 31.2. The predicted octanol–water partition coefficient (Wildman–Crippen LogP) is 0.142. The molecule has 0 fully saturated rings. The van der Waals surface area contributed by atoms with E-state index < -0.39 is 7.82 Å². The Morgan fingerprint density at radius 3 is 1.71 bits per heavy atom. The molecule has 0 aromatic rings. The average Bonchev–Trinajstić information content (AvgIpc) is 1.35. The van der Waals surface area contributed by atoms with E-state index in [9.17, 15) is 4.53 Å². The van der Waals surface area contributed by atoms with Crippen molar-refractivity contribution in [1.29, 1.82) is 0 Å². The quantitative estimate of drug-likeness (QED) is 0.441. The van der Waals surface area contributed by atoms with Gasteiger partial charge in [0.05, 0.1) is 0 Å². The van der Waals surface area contributed by atoms with Crippen LogP contribution >= 0.6 is 7.82 Å². The lowest BCUT2D eigenvalue weighted by Gasteiger charge is -1.87. The molecule has 0 aliphatic heterocycles. The van der Waals surface area contributed by atoms with Crippen LogP contribution in [0.25, 0.3) is 0 Å². The molecule has 5 nitrogen and oxygen atoms in total. The highest BCUT2D eigenvalue weighted by Crippen LogP contribution is 2.35. The molecule has 0 aliphatic rings. The van der Waals surface area contributed by atoms with Crippen LogP contribution in [-0.4, -0.2) is 9.79 Å². The summed E-state index contributed by atoms with van der Waals surface area (Å²) in [5.74, 6) is 0. The van der Waals surface area contributed by atoms with Crippen LogP contribution in [0.3, 0.4) is 0 Å². The van der Waals surface area contributed by atoms with E-state index in [0.717, 1.165) is 0 Å². The first-order chi connectivity index (χ1) is 2.56. The minimum Gasteiger partial charge on any atom is -0.344 e. The highest BCUT2D eigenvalue weighted by molar-refractivity contribution is 7.46. The van der Waals surface area contributed by atoms with Crippen LogP contribution in [0.15, 0.2) is 0 Å². The third-order valence-corrected chi connectivity index (χ3v) is 0.270. The van der Waals surface area contributed by atoms with Crippen molar-refractivity contribution < 1.29 is 23.6 Å². The summed E-state index contributed by atoms with van der Waals surface area (Å²) >= 11 is 0. The van der Waals surface area contributed by atoms with Gasteiger partial charge in [-0.3, -0.25) is 0 Å². The topological polar surface area (TPSA) is 102 Å². The van der Waals surface area contributed by atoms with Gasteiger partial charge in [0, 0.05) is 0 Å². The van der Waals surface area contributed by atoms with E-state index in [1.807, 2.05) is 0 Å². The van der Waals surface area contributed by atoms with Gasteiger partial charge in [0.25, 0.3) is 0 Å². The minimum atomic E-state index is -4.81. The highest BCUT2D eigenvalue weighted by Gasteiger charge is 2.12. The molecule has 0 heterocycles. The number of halogens is 1. The Balaban J connectivity index is 0. The Morgan fingerprint density at radius 2 is 1.71 bits per heavy atom. The van der Waals surface area contributed by atoms with Gasteiger partial charge in [-0.1, -0.05) is 4.73 Å². The van der Waals surface area contributed by atoms with E-state index in [0.29, 0.717) is 0 Å². The van der Waals surface area contributed by atoms with Crippen LogP contribution in [0.5, 0.6) is 0 Å². The van der Waals surface area contributed by atoms with E-state index in [1.165, 1.54) is 0 Å². The maximum atomic E-state index is 10.2. The van der Waals surface area contributed by atoms with Gasteiger partial charge in [0.15, 0.2) is 0 Å². The monoisotopic (exact) mass is 133 g/mol. The van der Waals surface area contributed by atoms with Crippen molar-refractivity contribution in [3.8, 4) is 0 Å². The summed E-state index contributed by atoms with van der Waals surface area (Å²) < 4.78 is 21.4. The molecule has 46 valence electrons. The molecule has 0 amide bonds. The van der Waals surface area contributed by atoms with Crippen molar-refractivity contribution in [1.82, 2.24) is 6.15 Å². The molecule has 0 spiro atoms. The van der Waals surface area contributed by atoms with Gasteiger partial charge >= 0.3 is 7.82 Å². The fourth-order valence-electron chi connectivity index (χ4n) is 0. The number of hydrogen-bond donors (Lipinski definition) is 3. The van der Waals surface area contributed by atoms with Gasteiger partial charge in [-0.05, 0) is 4.53 Å². The predicted molar refractivity (Wildman–Crippen MR) is 19.3 cm³/mol. The Labute approximate surface area is 38.8 Å². The van der Waals surface area contributed by atoms with Crippen LogP contribution in [0.1, 0.15) is 0 Å². The summed E-state index contributed by atoms with van der Waals surface area (Å²) in [6, 6.07) is 0. The number of hydrogen-bond acceptors (Lipinski definition) is 3. The Kier molecular flexibility index (Phi) is 4.41. The van der Waals surface area contributed by atoms with Crippen LogP contribution in [0, 0.1) is 0 Å². The first-order valence-corrected chi connectivity index (χ1v) is 2.45. The molecular weight excluding hydrogens is 128 g/mol. The minimum absolute atomic E-state index is 0. The molecule has 5 N–H and O–H groups in total. The van der Waals surface area contributed by atoms with E-state index in [-0.39, 0.29) is 6.15 Å². The number of phosphoric acid groups is 1. The summed E-state index contributed by atoms with van der Waals surface area (Å²) in [5, 5.41) is 0. The first-order valence-electron chi connectivity index (χ1n) is 0.919. The molecule has 0 unspecified atom stereocenters. The smallest absolute Gasteiger partial charge is 0.344 e. The summed E-state index contributed by atoms with van der Waals surface area (Å²) in [5.41, 5.74) is 0. The van der Waals surface area contributed by atoms with Crippen LogP contribution in [0.2, 0.25) is 0 Å². The van der Waals surface area contributed by atoms with Gasteiger partial charge in [0.2, 0.25) is 0 Å². The third-order valence-electron chi connectivity index (χ3n) is 0.0899. The second-order valence-electron chi connectivity index (χ2n) is 0.560. The SMILES string of the molecule is N.O=P(O)(O)OF. The normalized spacial score (nSPS) is 10.1. The second kappa shape index (κ2) is 3.06. The van der Waals surface area contributed by atoms with E-state index in [2.05, 4.69) is 4.73 Å². The van der Waals surface area contributed by atoms with E-state index in [4.69, 9.17) is 14.4 Å². The van der Waals surface area contributed by atoms with Gasteiger partial charge in [-0.15, -0.1) is 0 Å². The largest absolute Gasteiger partial charge is 0.500 e. The Bertz CT molecular complexity index is 75.8. The van der Waals surface area contributed by atoms with Gasteiger partial charge in [-0.25, -0.2) is 4.57 Å². The van der Waals surface area contributed by atoms with Crippen LogP contribution in [0.4, 0.5) is 4.53 Å². The molecule has 7 heteroatoms. The Hall–Kier alpha value is -0.0000000000000000555. The van der Waals surface area contributed by atoms with E-state index >= 15 is 0 Å². The maximum Gasteiger partial charge on any atom is 0.500 e. The molecule has 0 radical (unpaired) electrons. The first kappa shape index (κ1) is 10.1. The van der Waals surface area contributed by atoms with Crippen molar-refractivity contribution in [3.63, 3.8) is 0 Å². The maximum absolute atomic E-state index is 10.2. The van der Waals surface area contributed by atoms with Crippen molar-refractivity contribution in [3.05, 3.63) is 0 Å². The molecule has 0 atom stereocenters. The lowest BCUT2D eigenvalue weighted by molar-refractivity contribution is -0.0389. The average molecular weight is 133 g/mol. The molecule has 0 aromatic heterocycles. The molecule has 0 aromatic carbocycles. The van der Waals surface area contributed by atoms with Crippen LogP contribution < -0.4 is 6.15 Å². The van der Waals surface area contributed by atoms with Gasteiger partial charge in [0.1, 0.15) is 0 Å². The zero-order valence-electron chi connectivity index (χ0n) is 3.24. The molecule has 0 saturated heterocycles. The lowest BCUT2D eigenvalue weighted by Crippen LogP contribution is -1.71. The summed E-state index contributed by atoms with van der Waals surface area (Å²) in [6.45, 7) is 0. The fourth-order valence-corrected chi connectivity index (χ4v) is 0. The van der Waals surface area contributed by atoms with Crippen molar-refractivity contribution >= 4 is 7.82 Å². The third kappa shape index (κ3) is 10.7. The molecule has 0 rings (SSSR count).